The summed E-state index contributed by atoms with van der Waals surface area (Å²) in [4.78, 5) is 4.21. The van der Waals surface area contributed by atoms with Gasteiger partial charge in [-0.05, 0) is 60.2 Å². The number of ether oxygens (including phenoxy) is 1. The fraction of sp³-hybridized carbons (Fsp3) is 0.348. The van der Waals surface area contributed by atoms with E-state index in [0.717, 1.165) is 11.6 Å². The molecule has 0 aliphatic rings. The number of para-hydroxylation sites is 1. The van der Waals surface area contributed by atoms with Gasteiger partial charge >= 0.3 is 6.18 Å². The summed E-state index contributed by atoms with van der Waals surface area (Å²) in [5.41, 5.74) is -1.36. The van der Waals surface area contributed by atoms with E-state index in [4.69, 9.17) is 16.3 Å². The van der Waals surface area contributed by atoms with Gasteiger partial charge in [0, 0.05) is 11.8 Å². The summed E-state index contributed by atoms with van der Waals surface area (Å²) in [6.07, 6.45) is -6.35. The van der Waals surface area contributed by atoms with E-state index in [9.17, 15) is 22.7 Å². The van der Waals surface area contributed by atoms with Crippen molar-refractivity contribution >= 4 is 22.5 Å². The molecule has 2 aromatic carbocycles. The van der Waals surface area contributed by atoms with E-state index in [0.29, 0.717) is 10.9 Å². The van der Waals surface area contributed by atoms with Crippen LogP contribution in [0.15, 0.2) is 42.5 Å². The first kappa shape index (κ1) is 23.3. The third-order valence-electron chi connectivity index (χ3n) is 5.47. The summed E-state index contributed by atoms with van der Waals surface area (Å²) in [5, 5.41) is 11.4. The summed E-state index contributed by atoms with van der Waals surface area (Å²) in [5.74, 6) is -1.19. The fourth-order valence-electron chi connectivity index (χ4n) is 3.88. The normalized spacial score (nSPS) is 15.0. The van der Waals surface area contributed by atoms with Gasteiger partial charge in [0.05, 0.1) is 12.6 Å². The molecule has 0 fully saturated rings. The molecule has 0 bridgehead atoms. The molecule has 31 heavy (non-hydrogen) atoms. The maximum atomic E-state index is 14.1. The molecule has 3 rings (SSSR count). The van der Waals surface area contributed by atoms with Gasteiger partial charge in [0.1, 0.15) is 16.7 Å². The molecule has 2 unspecified atom stereocenters. The number of aryl methyl sites for hydroxylation is 1. The molecule has 166 valence electrons. The third kappa shape index (κ3) is 4.77. The van der Waals surface area contributed by atoms with Gasteiger partial charge in [-0.15, -0.1) is 0 Å². The SMILES string of the molecule is COc1ccc(F)cc1C(C)CC(O)(Cc1cc(Cl)nc2c(C)cccc12)C(F)(F)F. The van der Waals surface area contributed by atoms with Gasteiger partial charge in [0.15, 0.2) is 5.60 Å². The van der Waals surface area contributed by atoms with Crippen molar-refractivity contribution in [1.82, 2.24) is 4.98 Å². The fourth-order valence-corrected chi connectivity index (χ4v) is 4.10. The van der Waals surface area contributed by atoms with Crippen LogP contribution in [0.5, 0.6) is 5.75 Å². The van der Waals surface area contributed by atoms with Gasteiger partial charge < -0.3 is 9.84 Å². The van der Waals surface area contributed by atoms with Crippen molar-refractivity contribution in [3.63, 3.8) is 0 Å². The molecule has 0 aliphatic heterocycles. The lowest BCUT2D eigenvalue weighted by Gasteiger charge is -2.34. The number of benzene rings is 2. The Morgan fingerprint density at radius 2 is 1.87 bits per heavy atom. The van der Waals surface area contributed by atoms with Crippen LogP contribution in [0.3, 0.4) is 0 Å². The second kappa shape index (κ2) is 8.63. The molecule has 3 nitrogen and oxygen atoms in total. The minimum Gasteiger partial charge on any atom is -0.496 e. The van der Waals surface area contributed by atoms with E-state index >= 15 is 0 Å². The van der Waals surface area contributed by atoms with Crippen LogP contribution in [0.4, 0.5) is 17.6 Å². The summed E-state index contributed by atoms with van der Waals surface area (Å²) in [6.45, 7) is 3.28. The lowest BCUT2D eigenvalue weighted by molar-refractivity contribution is -0.263. The first-order chi connectivity index (χ1) is 14.4. The lowest BCUT2D eigenvalue weighted by Crippen LogP contribution is -2.48. The molecule has 1 aromatic heterocycles. The molecule has 0 saturated carbocycles. The average molecular weight is 456 g/mol. The van der Waals surface area contributed by atoms with E-state index in [-0.39, 0.29) is 22.0 Å². The number of rotatable bonds is 6. The zero-order valence-electron chi connectivity index (χ0n) is 17.2. The highest BCUT2D eigenvalue weighted by Crippen LogP contribution is 2.43. The maximum Gasteiger partial charge on any atom is 0.417 e. The molecule has 2 atom stereocenters. The zero-order valence-corrected chi connectivity index (χ0v) is 18.0. The monoisotopic (exact) mass is 455 g/mol. The van der Waals surface area contributed by atoms with Crippen LogP contribution in [0.2, 0.25) is 5.15 Å². The Labute approximate surface area is 182 Å². The topological polar surface area (TPSA) is 42.4 Å². The molecule has 1 N–H and O–H groups in total. The molecule has 0 saturated heterocycles. The molecule has 0 spiro atoms. The molecule has 3 aromatic rings. The van der Waals surface area contributed by atoms with Crippen LogP contribution in [-0.4, -0.2) is 29.0 Å². The third-order valence-corrected chi connectivity index (χ3v) is 5.67. The van der Waals surface area contributed by atoms with Crippen molar-refractivity contribution in [3.05, 3.63) is 70.1 Å². The van der Waals surface area contributed by atoms with Crippen LogP contribution in [0, 0.1) is 12.7 Å². The second-order valence-electron chi connectivity index (χ2n) is 7.77. The number of aromatic nitrogens is 1. The Morgan fingerprint density at radius 3 is 2.52 bits per heavy atom. The Kier molecular flexibility index (Phi) is 6.48. The smallest absolute Gasteiger partial charge is 0.417 e. The summed E-state index contributed by atoms with van der Waals surface area (Å²) in [6, 6.07) is 10.1. The molecule has 1 heterocycles. The van der Waals surface area contributed by atoms with Crippen molar-refractivity contribution in [2.24, 2.45) is 0 Å². The van der Waals surface area contributed by atoms with Gasteiger partial charge in [-0.25, -0.2) is 9.37 Å². The molecular formula is C23H22ClF4NO2. The summed E-state index contributed by atoms with van der Waals surface area (Å²) < 4.78 is 61.2. The van der Waals surface area contributed by atoms with E-state index < -0.39 is 36.4 Å². The van der Waals surface area contributed by atoms with Crippen molar-refractivity contribution < 1.29 is 27.4 Å². The van der Waals surface area contributed by atoms with Gasteiger partial charge in [-0.1, -0.05) is 36.7 Å². The number of hydrogen-bond donors (Lipinski definition) is 1. The van der Waals surface area contributed by atoms with Crippen LogP contribution < -0.4 is 4.74 Å². The van der Waals surface area contributed by atoms with Crippen LogP contribution >= 0.6 is 11.6 Å². The minimum absolute atomic E-state index is 0.0428. The van der Waals surface area contributed by atoms with Crippen molar-refractivity contribution in [2.45, 2.75) is 44.4 Å². The summed E-state index contributed by atoms with van der Waals surface area (Å²) >= 11 is 6.07. The van der Waals surface area contributed by atoms with Crippen molar-refractivity contribution in [1.29, 1.82) is 0 Å². The van der Waals surface area contributed by atoms with Crippen LogP contribution in [0.25, 0.3) is 10.9 Å². The standard InChI is InChI=1S/C23H22ClF4NO2/c1-13-5-4-6-17-15(9-20(24)29-21(13)17)12-22(30,23(26,27)28)11-14(2)18-10-16(25)7-8-19(18)31-3/h4-10,14,30H,11-12H2,1-3H3. The lowest BCUT2D eigenvalue weighted by atomic mass is 9.81. The molecule has 0 radical (unpaired) electrons. The van der Waals surface area contributed by atoms with Crippen molar-refractivity contribution in [3.8, 4) is 5.75 Å². The Morgan fingerprint density at radius 1 is 1.16 bits per heavy atom. The second-order valence-corrected chi connectivity index (χ2v) is 8.16. The Bertz CT molecular complexity index is 1100. The highest BCUT2D eigenvalue weighted by molar-refractivity contribution is 6.30. The molecular weight excluding hydrogens is 434 g/mol. The predicted octanol–water partition coefficient (Wildman–Crippen LogP) is 6.37. The Balaban J connectivity index is 2.05. The van der Waals surface area contributed by atoms with Crippen molar-refractivity contribution in [2.75, 3.05) is 7.11 Å². The maximum absolute atomic E-state index is 14.1. The molecule has 0 aliphatic carbocycles. The van der Waals surface area contributed by atoms with Gasteiger partial charge in [0.2, 0.25) is 0 Å². The van der Waals surface area contributed by atoms with E-state index in [1.54, 1.807) is 25.1 Å². The minimum atomic E-state index is -4.94. The number of nitrogens with zero attached hydrogens (tertiary/aromatic N) is 1. The van der Waals surface area contributed by atoms with Gasteiger partial charge in [-0.3, -0.25) is 0 Å². The largest absolute Gasteiger partial charge is 0.496 e. The molecule has 8 heteroatoms. The number of fused-ring (bicyclic) bond motifs is 1. The highest BCUT2D eigenvalue weighted by atomic mass is 35.5. The van der Waals surface area contributed by atoms with Crippen LogP contribution in [0.1, 0.15) is 36.0 Å². The first-order valence-electron chi connectivity index (χ1n) is 9.62. The number of methoxy groups -OCH3 is 1. The number of pyridine rings is 1. The Hall–Kier alpha value is -2.38. The predicted molar refractivity (Wildman–Crippen MR) is 112 cm³/mol. The van der Waals surface area contributed by atoms with Gasteiger partial charge in [-0.2, -0.15) is 13.2 Å². The first-order valence-corrected chi connectivity index (χ1v) is 10.0. The molecule has 0 amide bonds. The average Bonchev–Trinajstić information content (AvgIpc) is 2.67. The van der Waals surface area contributed by atoms with Crippen LogP contribution in [-0.2, 0) is 6.42 Å². The number of alkyl halides is 3. The quantitative estimate of drug-likeness (QED) is 0.346. The zero-order chi connectivity index (χ0) is 23.0. The van der Waals surface area contributed by atoms with E-state index in [1.807, 2.05) is 0 Å². The van der Waals surface area contributed by atoms with Gasteiger partial charge in [0.25, 0.3) is 0 Å². The highest BCUT2D eigenvalue weighted by Gasteiger charge is 2.54. The summed E-state index contributed by atoms with van der Waals surface area (Å²) in [7, 11) is 1.35. The number of hydrogen-bond acceptors (Lipinski definition) is 3. The number of aliphatic hydroxyl groups is 1. The van der Waals surface area contributed by atoms with E-state index in [1.165, 1.54) is 32.2 Å². The van der Waals surface area contributed by atoms with E-state index in [2.05, 4.69) is 4.98 Å². The number of halogens is 5.